The van der Waals surface area contributed by atoms with Crippen molar-refractivity contribution in [1.29, 1.82) is 0 Å². The summed E-state index contributed by atoms with van der Waals surface area (Å²) >= 11 is 6.01. The molecule has 0 radical (unpaired) electrons. The zero-order valence-electron chi connectivity index (χ0n) is 81.3. The van der Waals surface area contributed by atoms with E-state index in [-0.39, 0.29) is 94.0 Å². The van der Waals surface area contributed by atoms with Crippen LogP contribution in [0.25, 0.3) is 67.2 Å². The number of carbonyl (C=O) groups is 5. The number of nitrogens with one attached hydrogen (secondary N) is 5. The van der Waals surface area contributed by atoms with Gasteiger partial charge in [0.05, 0.1) is 52.5 Å². The molecule has 742 valence electrons. The minimum absolute atomic E-state index is 0.000110. The lowest BCUT2D eigenvalue weighted by Gasteiger charge is -2.40. The first-order chi connectivity index (χ1) is 65.7. The summed E-state index contributed by atoms with van der Waals surface area (Å²) in [5.74, 6) is -0.892. The zero-order chi connectivity index (χ0) is 102. The molecule has 2 atom stereocenters. The fraction of sp³-hybridized carbons (Fsp3) is 0.422. The van der Waals surface area contributed by atoms with Crippen LogP contribution in [-0.2, 0) is 40.7 Å². The van der Waals surface area contributed by atoms with Crippen molar-refractivity contribution in [1.82, 2.24) is 72.7 Å². The topological polar surface area (TPSA) is 378 Å². The van der Waals surface area contributed by atoms with Crippen molar-refractivity contribution in [3.05, 3.63) is 208 Å². The summed E-state index contributed by atoms with van der Waals surface area (Å²) in [6.07, 6.45) is 4.89. The number of hydrogen-bond acceptors (Lipinski definition) is 20. The zero-order valence-corrected chi connectivity index (χ0v) is 82.1. The van der Waals surface area contributed by atoms with Gasteiger partial charge in [0.15, 0.2) is 28.2 Å². The highest BCUT2D eigenvalue weighted by Gasteiger charge is 2.41. The van der Waals surface area contributed by atoms with E-state index in [9.17, 15) is 70.0 Å². The van der Waals surface area contributed by atoms with Crippen LogP contribution in [-0.4, -0.2) is 136 Å². The minimum atomic E-state index is -4.86. The van der Waals surface area contributed by atoms with E-state index in [0.29, 0.717) is 88.2 Å². The number of halogens is 8. The third-order valence-electron chi connectivity index (χ3n) is 24.4. The van der Waals surface area contributed by atoms with Gasteiger partial charge in [0, 0.05) is 65.5 Å². The molecule has 3 aliphatic carbocycles. The van der Waals surface area contributed by atoms with E-state index < -0.39 is 52.9 Å². The molecule has 5 amide bonds. The van der Waals surface area contributed by atoms with Crippen molar-refractivity contribution in [3.63, 3.8) is 0 Å². The summed E-state index contributed by atoms with van der Waals surface area (Å²) in [6.45, 7) is 32.4. The molecule has 17 rings (SSSR count). The summed E-state index contributed by atoms with van der Waals surface area (Å²) in [6, 6.07) is 37.9. The Bertz CT molecular complexity index is 6890. The van der Waals surface area contributed by atoms with Crippen molar-refractivity contribution < 1.29 is 79.5 Å². The maximum atomic E-state index is 14.0. The number of ether oxygens (including phenoxy) is 2. The number of carbonyl (C=O) groups excluding carboxylic acids is 5. The van der Waals surface area contributed by atoms with E-state index in [1.165, 1.54) is 77.4 Å². The van der Waals surface area contributed by atoms with Gasteiger partial charge < -0.3 is 24.8 Å². The molecule has 14 aromatic rings. The van der Waals surface area contributed by atoms with Crippen LogP contribution < -0.4 is 36.1 Å². The number of nitrogens with zero attached hydrogens (tertiary/aromatic N) is 15. The predicted molar refractivity (Wildman–Crippen MR) is 523 cm³/mol. The number of pyridine rings is 5. The van der Waals surface area contributed by atoms with Crippen molar-refractivity contribution in [3.8, 4) is 22.9 Å². The number of imidazole rings is 5. The number of rotatable bonds is 24. The average molecular weight is 1950 g/mol. The van der Waals surface area contributed by atoms with E-state index in [1.54, 1.807) is 77.2 Å². The van der Waals surface area contributed by atoms with Crippen molar-refractivity contribution >= 4 is 127 Å². The van der Waals surface area contributed by atoms with Gasteiger partial charge in [-0.15, -0.1) is 26.3 Å². The SMILES string of the molecule is CCC(O)(CC)CC(=O)Nc1nc2ccc(C)nc2n1-c1ccc(OC(F)(F)F)cc1.Cc1ccc2nc(NC(=O)CC(C)(C)C)n(-c3ccc(OC(F)(F)F)c(Cl)c3)c2n1.Cc1ccc2nc(NC(=O)CC(C)(C)C)n(C3(C)CCC3)c2n1.Cc1cccc([C@@](C)(O)CC(=O)Nc2nc3cc(C)cnc3n2C2CCC2)c1.Cc1cnc2c(c1)nc(NC(=O)C[C@](C)(O)c1ccccc1F)n2C1CCC1. The smallest absolute Gasteiger partial charge is 0.406 e. The first kappa shape index (κ1) is 104. The minimum Gasteiger partial charge on any atom is -0.406 e. The molecular weight excluding hydrogens is 1830 g/mol. The number of aromatic nitrogens is 15. The molecule has 4 aromatic carbocycles. The summed E-state index contributed by atoms with van der Waals surface area (Å²) in [5.41, 5.74) is 9.43. The first-order valence-electron chi connectivity index (χ1n) is 46.4. The van der Waals surface area contributed by atoms with Gasteiger partial charge in [-0.05, 0) is 258 Å². The predicted octanol–water partition coefficient (Wildman–Crippen LogP) is 22.0. The van der Waals surface area contributed by atoms with Crippen molar-refractivity contribution in [2.24, 2.45) is 10.8 Å². The molecule has 0 spiro atoms. The maximum absolute atomic E-state index is 14.0. The number of anilines is 5. The third kappa shape index (κ3) is 26.0. The highest BCUT2D eigenvalue weighted by molar-refractivity contribution is 6.32. The largest absolute Gasteiger partial charge is 0.573 e. The van der Waals surface area contributed by atoms with E-state index in [0.717, 1.165) is 112 Å². The standard InChI is InChI=1S/C22H26N4O2.C21H23F3N4O3.C21H23FN4O2.C20H20ClF3N4O2.C18H26N4O/c1-14-6-4-7-16(10-14)22(3,28)12-19(27)25-21-24-18-11-15(2)13-23-20(18)26(21)17-8-5-9-17;1-4-20(30,5-2)12-17(29)27-19-26-16-11-6-13(3)25-18(16)28(19)14-7-9-15(10-8-14)31-21(22,23)24;1-13-10-17-19(23-12-13)26(14-6-5-7-14)20(24-17)25-18(27)11-21(2,28)15-8-3-4-9-16(15)22;1-11-5-7-14-17(25-11)28(18(26-14)27-16(29)10-19(2,3)4)12-6-8-15(13(21)9-12)30-20(22,23)24;1-12-7-8-13-15(19-12)22(18(5)9-6-10-18)16(20-13)21-14(23)11-17(2,3)4/h4,6-7,10-11,13,17,28H,5,8-9,12H2,1-3H3,(H,24,25,27);6-11,30H,4-5,12H2,1-3H3,(H,26,27,29);3-4,8-10,12,14,28H,5-7,11H2,1-2H3,(H,24,25,27);5-9H,10H2,1-4H3,(H,26,27,29);7-8H,6,9-11H2,1-5H3,(H,20,21,23)/t22-;;21-;;/m0.0../s1. The Labute approximate surface area is 810 Å². The number of hydrogen-bond donors (Lipinski definition) is 8. The van der Waals surface area contributed by atoms with Crippen LogP contribution in [0.15, 0.2) is 152 Å². The van der Waals surface area contributed by atoms with Crippen LogP contribution in [0.2, 0.25) is 5.02 Å². The van der Waals surface area contributed by atoms with Gasteiger partial charge >= 0.3 is 12.7 Å². The number of aryl methyl sites for hydroxylation is 6. The summed E-state index contributed by atoms with van der Waals surface area (Å²) < 4.78 is 106. The Morgan fingerprint density at radius 3 is 1.29 bits per heavy atom. The highest BCUT2D eigenvalue weighted by atomic mass is 35.5. The van der Waals surface area contributed by atoms with Gasteiger partial charge in [-0.2, -0.15) is 0 Å². The first-order valence-corrected chi connectivity index (χ1v) is 46.8. The van der Waals surface area contributed by atoms with Gasteiger partial charge in [0.25, 0.3) is 0 Å². The molecule has 8 N–H and O–H groups in total. The lowest BCUT2D eigenvalue weighted by atomic mass is 9.78. The Hall–Kier alpha value is -13.4. The molecule has 3 aliphatic rings. The molecule has 0 aliphatic heterocycles. The molecule has 0 unspecified atom stereocenters. The average Bonchev–Trinajstić information content (AvgIpc) is 1.56. The number of aliphatic hydroxyl groups is 3. The summed E-state index contributed by atoms with van der Waals surface area (Å²) in [5, 5.41) is 46.0. The lowest BCUT2D eigenvalue weighted by molar-refractivity contribution is -0.275. The molecule has 140 heavy (non-hydrogen) atoms. The normalized spacial score (nSPS) is 14.8. The van der Waals surface area contributed by atoms with Gasteiger partial charge in [-0.3, -0.25) is 73.4 Å². The highest BCUT2D eigenvalue weighted by Crippen LogP contribution is 2.45. The van der Waals surface area contributed by atoms with Crippen LogP contribution in [0.1, 0.15) is 236 Å². The lowest BCUT2D eigenvalue weighted by Crippen LogP contribution is -2.38. The van der Waals surface area contributed by atoms with Gasteiger partial charge in [0.1, 0.15) is 44.9 Å². The quantitative estimate of drug-likeness (QED) is 0.0260. The number of amides is 5. The van der Waals surface area contributed by atoms with Crippen LogP contribution in [0, 0.1) is 58.2 Å². The van der Waals surface area contributed by atoms with Crippen LogP contribution in [0.5, 0.6) is 11.5 Å². The fourth-order valence-electron chi connectivity index (χ4n) is 16.6. The number of benzene rings is 4. The molecule has 3 fully saturated rings. The maximum Gasteiger partial charge on any atom is 0.573 e. The van der Waals surface area contributed by atoms with Crippen LogP contribution in [0.3, 0.4) is 0 Å². The van der Waals surface area contributed by atoms with Crippen molar-refractivity contribution in [2.75, 3.05) is 26.6 Å². The Morgan fingerprint density at radius 2 is 0.857 bits per heavy atom. The van der Waals surface area contributed by atoms with E-state index in [2.05, 4.69) is 118 Å². The van der Waals surface area contributed by atoms with Crippen molar-refractivity contribution in [2.45, 2.75) is 268 Å². The van der Waals surface area contributed by atoms with Gasteiger partial charge in [-0.25, -0.2) is 54.2 Å². The fourth-order valence-corrected chi connectivity index (χ4v) is 16.8. The molecule has 0 saturated heterocycles. The number of alkyl halides is 6. The molecule has 38 heteroatoms. The molecule has 0 bridgehead atoms. The second-order valence-electron chi connectivity index (χ2n) is 39.3. The number of fused-ring (bicyclic) bond motifs is 5. The molecule has 10 aromatic heterocycles. The van der Waals surface area contributed by atoms with Crippen LogP contribution >= 0.6 is 11.6 Å². The molecular formula is C102H118ClF7N20O10. The monoisotopic (exact) mass is 1950 g/mol. The van der Waals surface area contributed by atoms with E-state index >= 15 is 0 Å². The van der Waals surface area contributed by atoms with Gasteiger partial charge in [0.2, 0.25) is 59.3 Å². The Morgan fingerprint density at radius 1 is 0.436 bits per heavy atom. The Balaban J connectivity index is 0.000000148. The van der Waals surface area contributed by atoms with E-state index in [4.69, 9.17) is 11.6 Å². The molecule has 3 saturated carbocycles. The third-order valence-corrected chi connectivity index (χ3v) is 24.7. The molecule has 30 nitrogen and oxygen atoms in total. The van der Waals surface area contributed by atoms with E-state index in [1.807, 2.05) is 112 Å². The Kier molecular flexibility index (Phi) is 31.2. The summed E-state index contributed by atoms with van der Waals surface area (Å²) in [4.78, 5) is 108. The molecule has 10 heterocycles. The van der Waals surface area contributed by atoms with Crippen LogP contribution in [0.4, 0.5) is 60.5 Å². The summed E-state index contributed by atoms with van der Waals surface area (Å²) in [7, 11) is 0. The second kappa shape index (κ2) is 42.0. The van der Waals surface area contributed by atoms with Gasteiger partial charge in [-0.1, -0.05) is 115 Å². The second-order valence-corrected chi connectivity index (χ2v) is 39.7.